The third-order valence-corrected chi connectivity index (χ3v) is 1.68. The van der Waals surface area contributed by atoms with Gasteiger partial charge < -0.3 is 10.2 Å². The van der Waals surface area contributed by atoms with Crippen molar-refractivity contribution in [1.29, 1.82) is 0 Å². The summed E-state index contributed by atoms with van der Waals surface area (Å²) in [6.45, 7) is 0. The molecule has 0 heterocycles. The van der Waals surface area contributed by atoms with Crippen molar-refractivity contribution in [3.63, 3.8) is 0 Å². The standard InChI is InChI=1S/C8H5NO6.Na/c10-7(11)4-2-1-3-5(9(14)15)6(4)8(12)13;/h1-3H,(H,10,11)(H,12,13);. The molecule has 0 aliphatic rings. The van der Waals surface area contributed by atoms with Gasteiger partial charge in [0.05, 0.1) is 10.5 Å². The molecule has 1 aromatic carbocycles. The molecule has 0 spiro atoms. The largest absolute Gasteiger partial charge is 0.478 e. The Morgan fingerprint density at radius 1 is 1.19 bits per heavy atom. The van der Waals surface area contributed by atoms with E-state index in [4.69, 9.17) is 10.2 Å². The number of carboxylic acid groups (broad SMARTS) is 2. The summed E-state index contributed by atoms with van der Waals surface area (Å²) in [6, 6.07) is 3.06. The Balaban J connectivity index is 0.00000225. The smallest absolute Gasteiger partial charge is 0.343 e. The van der Waals surface area contributed by atoms with Gasteiger partial charge in [-0.05, 0) is 6.07 Å². The minimum atomic E-state index is -1.64. The number of rotatable bonds is 3. The number of nitrogens with zero attached hydrogens (tertiary/aromatic N) is 1. The van der Waals surface area contributed by atoms with Crippen molar-refractivity contribution in [2.45, 2.75) is 0 Å². The molecule has 0 unspecified atom stereocenters. The van der Waals surface area contributed by atoms with E-state index in [-0.39, 0.29) is 29.6 Å². The number of carboxylic acids is 2. The van der Waals surface area contributed by atoms with Crippen LogP contribution >= 0.6 is 0 Å². The molecule has 0 saturated heterocycles. The number of benzene rings is 1. The van der Waals surface area contributed by atoms with Gasteiger partial charge in [0.15, 0.2) is 5.56 Å². The van der Waals surface area contributed by atoms with Crippen molar-refractivity contribution < 1.29 is 24.7 Å². The molecule has 0 atom stereocenters. The number of carbonyl (C=O) groups is 2. The van der Waals surface area contributed by atoms with Crippen LogP contribution in [-0.2, 0) is 0 Å². The normalized spacial score (nSPS) is 9.00. The summed E-state index contributed by atoms with van der Waals surface area (Å²) in [6.07, 6.45) is 0. The van der Waals surface area contributed by atoms with Gasteiger partial charge in [0.1, 0.15) is 0 Å². The van der Waals surface area contributed by atoms with E-state index in [1.807, 2.05) is 0 Å². The number of nitro benzene ring substituents is 1. The maximum atomic E-state index is 10.7. The summed E-state index contributed by atoms with van der Waals surface area (Å²) in [4.78, 5) is 30.8. The van der Waals surface area contributed by atoms with Crippen LogP contribution in [-0.4, -0.2) is 56.6 Å². The van der Waals surface area contributed by atoms with Crippen molar-refractivity contribution in [1.82, 2.24) is 0 Å². The van der Waals surface area contributed by atoms with Gasteiger partial charge in [0.2, 0.25) is 0 Å². The van der Waals surface area contributed by atoms with Crippen LogP contribution in [0.25, 0.3) is 0 Å². The van der Waals surface area contributed by atoms with Gasteiger partial charge in [-0.1, -0.05) is 6.07 Å². The van der Waals surface area contributed by atoms with Crippen LogP contribution in [0.2, 0.25) is 0 Å². The molecule has 1 aromatic rings. The minimum absolute atomic E-state index is 0. The molecule has 1 radical (unpaired) electrons. The molecule has 8 heteroatoms. The van der Waals surface area contributed by atoms with Crippen molar-refractivity contribution in [2.24, 2.45) is 0 Å². The van der Waals surface area contributed by atoms with Gasteiger partial charge in [-0.2, -0.15) is 0 Å². The molecular formula is C8H5NNaO6. The molecule has 7 nitrogen and oxygen atoms in total. The number of hydrogen-bond acceptors (Lipinski definition) is 4. The van der Waals surface area contributed by atoms with E-state index in [0.717, 1.165) is 18.2 Å². The maximum Gasteiger partial charge on any atom is 0.343 e. The van der Waals surface area contributed by atoms with Crippen LogP contribution in [0.1, 0.15) is 20.7 Å². The summed E-state index contributed by atoms with van der Waals surface area (Å²) in [5.41, 5.74) is -2.14. The SMILES string of the molecule is O=C(O)c1cccc([N+](=O)[O-])c1C(=O)O.[Na]. The van der Waals surface area contributed by atoms with E-state index >= 15 is 0 Å². The zero-order chi connectivity index (χ0) is 11.6. The molecule has 1 rings (SSSR count). The monoisotopic (exact) mass is 234 g/mol. The number of hydrogen-bond donors (Lipinski definition) is 2. The van der Waals surface area contributed by atoms with E-state index in [1.165, 1.54) is 0 Å². The van der Waals surface area contributed by atoms with E-state index in [1.54, 1.807) is 0 Å². The van der Waals surface area contributed by atoms with Crippen LogP contribution < -0.4 is 0 Å². The molecule has 79 valence electrons. The quantitative estimate of drug-likeness (QED) is 0.449. The third kappa shape index (κ3) is 2.78. The number of aromatic carboxylic acids is 2. The predicted octanol–water partition coefficient (Wildman–Crippen LogP) is 0.610. The van der Waals surface area contributed by atoms with Crippen LogP contribution in [0.15, 0.2) is 18.2 Å². The Hall–Kier alpha value is -1.44. The van der Waals surface area contributed by atoms with Gasteiger partial charge >= 0.3 is 11.9 Å². The first-order chi connectivity index (χ1) is 6.95. The topological polar surface area (TPSA) is 118 Å². The molecule has 0 aliphatic heterocycles. The molecule has 0 amide bonds. The van der Waals surface area contributed by atoms with Crippen molar-refractivity contribution in [2.75, 3.05) is 0 Å². The Kier molecular flexibility index (Phi) is 5.09. The second-order valence-electron chi connectivity index (χ2n) is 2.57. The summed E-state index contributed by atoms with van der Waals surface area (Å²) in [5, 5.41) is 27.8. The Morgan fingerprint density at radius 2 is 1.75 bits per heavy atom. The molecule has 0 aliphatic carbocycles. The molecule has 0 saturated carbocycles. The first kappa shape index (κ1) is 14.6. The van der Waals surface area contributed by atoms with Gasteiger partial charge in [0.25, 0.3) is 5.69 Å². The van der Waals surface area contributed by atoms with Gasteiger partial charge in [-0.3, -0.25) is 10.1 Å². The van der Waals surface area contributed by atoms with Gasteiger partial charge in [-0.25, -0.2) is 9.59 Å². The zero-order valence-electron chi connectivity index (χ0n) is 8.21. The Labute approximate surface area is 111 Å². The molecule has 16 heavy (non-hydrogen) atoms. The van der Waals surface area contributed by atoms with Crippen molar-refractivity contribution in [3.8, 4) is 0 Å². The van der Waals surface area contributed by atoms with Crippen LogP contribution in [0.5, 0.6) is 0 Å². The van der Waals surface area contributed by atoms with Crippen LogP contribution in [0.3, 0.4) is 0 Å². The average Bonchev–Trinajstić information content (AvgIpc) is 2.16. The molecular weight excluding hydrogens is 229 g/mol. The second kappa shape index (κ2) is 5.59. The summed E-state index contributed by atoms with van der Waals surface area (Å²) >= 11 is 0. The summed E-state index contributed by atoms with van der Waals surface area (Å²) in [7, 11) is 0. The predicted molar refractivity (Wildman–Crippen MR) is 52.8 cm³/mol. The fraction of sp³-hybridized carbons (Fsp3) is 0. The minimum Gasteiger partial charge on any atom is -0.478 e. The van der Waals surface area contributed by atoms with E-state index in [0.29, 0.717) is 0 Å². The summed E-state index contributed by atoms with van der Waals surface area (Å²) in [5.74, 6) is -3.16. The summed E-state index contributed by atoms with van der Waals surface area (Å²) < 4.78 is 0. The molecule has 2 N–H and O–H groups in total. The van der Waals surface area contributed by atoms with Gasteiger partial charge in [-0.15, -0.1) is 0 Å². The van der Waals surface area contributed by atoms with Gasteiger partial charge in [0, 0.05) is 35.6 Å². The third-order valence-electron chi connectivity index (χ3n) is 1.68. The number of nitro groups is 1. The van der Waals surface area contributed by atoms with E-state index < -0.39 is 33.7 Å². The first-order valence-corrected chi connectivity index (χ1v) is 3.69. The van der Waals surface area contributed by atoms with E-state index in [9.17, 15) is 19.7 Å². The Bertz CT molecular complexity index is 426. The second-order valence-corrected chi connectivity index (χ2v) is 2.57. The Morgan fingerprint density at radius 3 is 2.12 bits per heavy atom. The molecule has 0 aromatic heterocycles. The van der Waals surface area contributed by atoms with Crippen molar-refractivity contribution >= 4 is 47.2 Å². The zero-order valence-corrected chi connectivity index (χ0v) is 10.2. The fourth-order valence-electron chi connectivity index (χ4n) is 1.10. The first-order valence-electron chi connectivity index (χ1n) is 3.69. The van der Waals surface area contributed by atoms with E-state index in [2.05, 4.69) is 0 Å². The van der Waals surface area contributed by atoms with Crippen LogP contribution in [0, 0.1) is 10.1 Å². The van der Waals surface area contributed by atoms with Crippen molar-refractivity contribution in [3.05, 3.63) is 39.4 Å². The fourth-order valence-corrected chi connectivity index (χ4v) is 1.10. The van der Waals surface area contributed by atoms with Crippen LogP contribution in [0.4, 0.5) is 5.69 Å². The molecule has 0 bridgehead atoms. The maximum absolute atomic E-state index is 10.7. The molecule has 0 fully saturated rings. The average molecular weight is 234 g/mol.